The first-order valence-corrected chi connectivity index (χ1v) is 7.40. The summed E-state index contributed by atoms with van der Waals surface area (Å²) in [7, 11) is 0. The standard InChI is InChI=1S/C16H15BrN2O2/c1-9-4-13(17)6-14(18)15(9)19-16(20)10-2-3-11-7-21-8-12(11)5-10/h2-6H,7-8,18H2,1H3,(H,19,20). The zero-order valence-corrected chi connectivity index (χ0v) is 13.2. The fourth-order valence-corrected chi connectivity index (χ4v) is 3.03. The van der Waals surface area contributed by atoms with Crippen LogP contribution in [0.1, 0.15) is 27.0 Å². The Kier molecular flexibility index (Phi) is 3.69. The molecule has 0 bridgehead atoms. The lowest BCUT2D eigenvalue weighted by Crippen LogP contribution is -2.14. The molecule has 0 atom stereocenters. The van der Waals surface area contributed by atoms with E-state index in [1.165, 1.54) is 0 Å². The lowest BCUT2D eigenvalue weighted by atomic mass is 10.1. The van der Waals surface area contributed by atoms with Gasteiger partial charge in [0.1, 0.15) is 0 Å². The van der Waals surface area contributed by atoms with Crippen LogP contribution in [0.15, 0.2) is 34.8 Å². The van der Waals surface area contributed by atoms with Crippen molar-refractivity contribution in [3.8, 4) is 0 Å². The van der Waals surface area contributed by atoms with E-state index < -0.39 is 0 Å². The van der Waals surface area contributed by atoms with Crippen molar-refractivity contribution in [3.63, 3.8) is 0 Å². The fourth-order valence-electron chi connectivity index (χ4n) is 2.44. The molecule has 21 heavy (non-hydrogen) atoms. The zero-order chi connectivity index (χ0) is 15.0. The number of anilines is 2. The van der Waals surface area contributed by atoms with Crippen LogP contribution in [-0.4, -0.2) is 5.91 Å². The highest BCUT2D eigenvalue weighted by molar-refractivity contribution is 9.10. The molecule has 0 saturated heterocycles. The number of hydrogen-bond acceptors (Lipinski definition) is 3. The van der Waals surface area contributed by atoms with Crippen molar-refractivity contribution in [1.29, 1.82) is 0 Å². The molecule has 3 N–H and O–H groups in total. The van der Waals surface area contributed by atoms with E-state index in [1.807, 2.05) is 31.2 Å². The summed E-state index contributed by atoms with van der Waals surface area (Å²) in [6.45, 7) is 3.10. The maximum atomic E-state index is 12.4. The highest BCUT2D eigenvalue weighted by Crippen LogP contribution is 2.28. The number of carbonyl (C=O) groups excluding carboxylic acids is 1. The highest BCUT2D eigenvalue weighted by atomic mass is 79.9. The molecule has 2 aromatic rings. The number of rotatable bonds is 2. The summed E-state index contributed by atoms with van der Waals surface area (Å²) in [5.74, 6) is -0.165. The summed E-state index contributed by atoms with van der Waals surface area (Å²) in [5.41, 5.74) is 10.9. The number of carbonyl (C=O) groups is 1. The van der Waals surface area contributed by atoms with Crippen LogP contribution in [0.25, 0.3) is 0 Å². The molecule has 5 heteroatoms. The number of nitrogens with two attached hydrogens (primary N) is 1. The van der Waals surface area contributed by atoms with E-state index in [0.717, 1.165) is 21.2 Å². The van der Waals surface area contributed by atoms with Gasteiger partial charge in [0, 0.05) is 10.0 Å². The normalized spacial score (nSPS) is 13.0. The topological polar surface area (TPSA) is 64.3 Å². The molecule has 108 valence electrons. The maximum absolute atomic E-state index is 12.4. The van der Waals surface area contributed by atoms with Crippen LogP contribution in [0.4, 0.5) is 11.4 Å². The molecule has 0 aliphatic carbocycles. The number of fused-ring (bicyclic) bond motifs is 1. The van der Waals surface area contributed by atoms with Crippen LogP contribution in [0, 0.1) is 6.92 Å². The van der Waals surface area contributed by atoms with Gasteiger partial charge in [-0.1, -0.05) is 22.0 Å². The largest absolute Gasteiger partial charge is 0.397 e. The van der Waals surface area contributed by atoms with E-state index in [2.05, 4.69) is 21.2 Å². The quantitative estimate of drug-likeness (QED) is 0.816. The molecule has 0 saturated carbocycles. The van der Waals surface area contributed by atoms with E-state index >= 15 is 0 Å². The average Bonchev–Trinajstić information content (AvgIpc) is 2.89. The molecule has 1 amide bonds. The van der Waals surface area contributed by atoms with Crippen LogP contribution in [0.5, 0.6) is 0 Å². The molecule has 1 aliphatic rings. The van der Waals surface area contributed by atoms with Crippen LogP contribution < -0.4 is 11.1 Å². The number of hydrogen-bond donors (Lipinski definition) is 2. The van der Waals surface area contributed by atoms with Gasteiger partial charge in [-0.15, -0.1) is 0 Å². The molecule has 4 nitrogen and oxygen atoms in total. The molecule has 1 heterocycles. The third-order valence-corrected chi connectivity index (χ3v) is 4.01. The van der Waals surface area contributed by atoms with E-state index in [0.29, 0.717) is 30.2 Å². The Morgan fingerprint density at radius 3 is 2.76 bits per heavy atom. The van der Waals surface area contributed by atoms with Gasteiger partial charge in [-0.05, 0) is 47.9 Å². The van der Waals surface area contributed by atoms with Gasteiger partial charge in [0.15, 0.2) is 0 Å². The number of amides is 1. The van der Waals surface area contributed by atoms with E-state index in [4.69, 9.17) is 10.5 Å². The second kappa shape index (κ2) is 5.50. The maximum Gasteiger partial charge on any atom is 0.255 e. The van der Waals surface area contributed by atoms with Gasteiger partial charge < -0.3 is 15.8 Å². The second-order valence-corrected chi connectivity index (χ2v) is 6.03. The molecular formula is C16H15BrN2O2. The Balaban J connectivity index is 1.87. The number of nitrogen functional groups attached to an aromatic ring is 1. The van der Waals surface area contributed by atoms with Gasteiger partial charge in [0.25, 0.3) is 5.91 Å². The molecule has 3 rings (SSSR count). The molecule has 0 aromatic heterocycles. The summed E-state index contributed by atoms with van der Waals surface area (Å²) in [4.78, 5) is 12.4. The average molecular weight is 347 g/mol. The SMILES string of the molecule is Cc1cc(Br)cc(N)c1NC(=O)c1ccc2c(c1)COC2. The summed E-state index contributed by atoms with van der Waals surface area (Å²) >= 11 is 3.39. The van der Waals surface area contributed by atoms with Crippen LogP contribution in [-0.2, 0) is 18.0 Å². The second-order valence-electron chi connectivity index (χ2n) is 5.12. The number of benzene rings is 2. The van der Waals surface area contributed by atoms with E-state index in [-0.39, 0.29) is 5.91 Å². The van der Waals surface area contributed by atoms with Crippen LogP contribution >= 0.6 is 15.9 Å². The number of halogens is 1. The van der Waals surface area contributed by atoms with Crippen molar-refractivity contribution in [1.82, 2.24) is 0 Å². The minimum Gasteiger partial charge on any atom is -0.397 e. The van der Waals surface area contributed by atoms with Crippen LogP contribution in [0.3, 0.4) is 0 Å². The van der Waals surface area contributed by atoms with Gasteiger partial charge in [0.05, 0.1) is 24.6 Å². The van der Waals surface area contributed by atoms with Gasteiger partial charge >= 0.3 is 0 Å². The van der Waals surface area contributed by atoms with Crippen molar-refractivity contribution in [3.05, 3.63) is 57.1 Å². The Morgan fingerprint density at radius 1 is 1.24 bits per heavy atom. The molecule has 1 aliphatic heterocycles. The molecule has 0 fully saturated rings. The third-order valence-electron chi connectivity index (χ3n) is 3.55. The third kappa shape index (κ3) is 2.80. The van der Waals surface area contributed by atoms with Gasteiger partial charge in [0.2, 0.25) is 0 Å². The van der Waals surface area contributed by atoms with Gasteiger partial charge in [-0.2, -0.15) is 0 Å². The Bertz CT molecular complexity index is 705. The summed E-state index contributed by atoms with van der Waals surface area (Å²) in [6, 6.07) is 9.33. The first kappa shape index (κ1) is 14.1. The molecule has 2 aromatic carbocycles. The fraction of sp³-hybridized carbons (Fsp3) is 0.188. The van der Waals surface area contributed by atoms with Crippen molar-refractivity contribution in [2.75, 3.05) is 11.1 Å². The van der Waals surface area contributed by atoms with Crippen molar-refractivity contribution >= 4 is 33.2 Å². The number of ether oxygens (including phenoxy) is 1. The Hall–Kier alpha value is -1.85. The van der Waals surface area contributed by atoms with Crippen molar-refractivity contribution in [2.24, 2.45) is 0 Å². The minimum atomic E-state index is -0.165. The first-order valence-electron chi connectivity index (χ1n) is 6.61. The van der Waals surface area contributed by atoms with Crippen LogP contribution in [0.2, 0.25) is 0 Å². The Morgan fingerprint density at radius 2 is 2.00 bits per heavy atom. The lowest BCUT2D eigenvalue weighted by molar-refractivity contribution is 0.102. The zero-order valence-electron chi connectivity index (χ0n) is 11.6. The number of aryl methyl sites for hydroxylation is 1. The molecule has 0 spiro atoms. The summed E-state index contributed by atoms with van der Waals surface area (Å²) < 4.78 is 6.26. The van der Waals surface area contributed by atoms with Gasteiger partial charge in [-0.25, -0.2) is 0 Å². The molecule has 0 unspecified atom stereocenters. The minimum absolute atomic E-state index is 0.165. The predicted octanol–water partition coefficient (Wildman–Crippen LogP) is 3.62. The monoisotopic (exact) mass is 346 g/mol. The molecular weight excluding hydrogens is 332 g/mol. The summed E-state index contributed by atoms with van der Waals surface area (Å²) in [6.07, 6.45) is 0. The molecule has 0 radical (unpaired) electrons. The predicted molar refractivity (Wildman–Crippen MR) is 86.2 cm³/mol. The van der Waals surface area contributed by atoms with Gasteiger partial charge in [-0.3, -0.25) is 4.79 Å². The Labute approximate surface area is 131 Å². The first-order chi connectivity index (χ1) is 10.0. The van der Waals surface area contributed by atoms with E-state index in [9.17, 15) is 4.79 Å². The number of nitrogens with one attached hydrogen (secondary N) is 1. The smallest absolute Gasteiger partial charge is 0.255 e. The summed E-state index contributed by atoms with van der Waals surface area (Å²) in [5, 5.41) is 2.89. The van der Waals surface area contributed by atoms with E-state index in [1.54, 1.807) is 6.07 Å². The van der Waals surface area contributed by atoms with Crippen molar-refractivity contribution < 1.29 is 9.53 Å². The highest BCUT2D eigenvalue weighted by Gasteiger charge is 2.16. The van der Waals surface area contributed by atoms with Crippen molar-refractivity contribution in [2.45, 2.75) is 20.1 Å². The lowest BCUT2D eigenvalue weighted by Gasteiger charge is -2.12.